The van der Waals surface area contributed by atoms with Crippen LogP contribution in [0.2, 0.25) is 0 Å². The highest BCUT2D eigenvalue weighted by molar-refractivity contribution is 5.81. The van der Waals surface area contributed by atoms with Gasteiger partial charge >= 0.3 is 0 Å². The first kappa shape index (κ1) is 13.0. The number of rotatable bonds is 2. The average molecular weight is 277 g/mol. The van der Waals surface area contributed by atoms with Crippen LogP contribution in [0.15, 0.2) is 24.8 Å². The van der Waals surface area contributed by atoms with Crippen LogP contribution < -0.4 is 5.73 Å². The summed E-state index contributed by atoms with van der Waals surface area (Å²) in [6.45, 7) is 3.59. The van der Waals surface area contributed by atoms with Crippen LogP contribution in [0.3, 0.4) is 0 Å². The molecule has 0 aromatic carbocycles. The summed E-state index contributed by atoms with van der Waals surface area (Å²) >= 11 is 0. The average Bonchev–Trinajstić information content (AvgIpc) is 2.92. The third-order valence-corrected chi connectivity index (χ3v) is 3.83. The monoisotopic (exact) mass is 277 g/mol. The molecule has 1 aliphatic carbocycles. The molecule has 1 aliphatic rings. The lowest BCUT2D eigenvalue weighted by Gasteiger charge is -2.18. The lowest BCUT2D eigenvalue weighted by atomic mass is 10.0. The van der Waals surface area contributed by atoms with Crippen LogP contribution in [0.4, 0.5) is 5.82 Å². The van der Waals surface area contributed by atoms with Gasteiger partial charge in [0.15, 0.2) is 11.5 Å². The second kappa shape index (κ2) is 4.51. The normalized spacial score (nSPS) is 30.2. The Hall–Kier alpha value is -2.03. The Kier molecular flexibility index (Phi) is 2.93. The molecule has 20 heavy (non-hydrogen) atoms. The van der Waals surface area contributed by atoms with Gasteiger partial charge in [-0.3, -0.25) is 0 Å². The van der Waals surface area contributed by atoms with Crippen molar-refractivity contribution < 1.29 is 15.3 Å². The van der Waals surface area contributed by atoms with Gasteiger partial charge in [-0.15, -0.1) is 0 Å². The first-order valence-corrected chi connectivity index (χ1v) is 6.15. The Morgan fingerprint density at radius 2 is 2.00 bits per heavy atom. The molecule has 8 heteroatoms. The number of aromatic nitrogens is 4. The molecule has 2 aromatic heterocycles. The molecule has 5 N–H and O–H groups in total. The van der Waals surface area contributed by atoms with E-state index in [0.29, 0.717) is 16.7 Å². The van der Waals surface area contributed by atoms with Gasteiger partial charge in [0.2, 0.25) is 0 Å². The standard InChI is InChI=1S/C12H15N5O3/c1-5-6(2-18)9(19)10(20)8(5)17-4-16-7-11(13)14-3-15-12(7)17/h3-4,6,8-10,18-20H,1-2H2,(H2,13,14,15)/t6-,8+,9+,10-/m0/s1. The highest BCUT2D eigenvalue weighted by atomic mass is 16.3. The number of fused-ring (bicyclic) bond motifs is 1. The van der Waals surface area contributed by atoms with E-state index >= 15 is 0 Å². The number of nitrogens with two attached hydrogens (primary N) is 1. The molecule has 1 fully saturated rings. The fraction of sp³-hybridized carbons (Fsp3) is 0.417. The number of hydrogen-bond donors (Lipinski definition) is 4. The van der Waals surface area contributed by atoms with E-state index < -0.39 is 24.2 Å². The van der Waals surface area contributed by atoms with Crippen molar-refractivity contribution in [3.63, 3.8) is 0 Å². The molecule has 0 unspecified atom stereocenters. The third kappa shape index (κ3) is 1.62. The van der Waals surface area contributed by atoms with Crippen molar-refractivity contribution in [2.45, 2.75) is 18.2 Å². The van der Waals surface area contributed by atoms with E-state index in [9.17, 15) is 15.3 Å². The Labute approximate surface area is 114 Å². The lowest BCUT2D eigenvalue weighted by molar-refractivity contribution is -0.00327. The fourth-order valence-corrected chi connectivity index (χ4v) is 2.72. The molecule has 0 saturated heterocycles. The maximum atomic E-state index is 10.2. The van der Waals surface area contributed by atoms with Crippen LogP contribution in [-0.2, 0) is 0 Å². The van der Waals surface area contributed by atoms with Gasteiger partial charge in [-0.1, -0.05) is 6.58 Å². The van der Waals surface area contributed by atoms with Crippen molar-refractivity contribution in [2.24, 2.45) is 5.92 Å². The van der Waals surface area contributed by atoms with Crippen LogP contribution in [0.25, 0.3) is 11.2 Å². The van der Waals surface area contributed by atoms with Crippen LogP contribution in [0, 0.1) is 5.92 Å². The lowest BCUT2D eigenvalue weighted by Crippen LogP contribution is -2.30. The fourth-order valence-electron chi connectivity index (χ4n) is 2.72. The summed E-state index contributed by atoms with van der Waals surface area (Å²) in [6.07, 6.45) is 0.614. The number of aliphatic hydroxyl groups is 3. The van der Waals surface area contributed by atoms with Crippen molar-refractivity contribution >= 4 is 17.0 Å². The maximum absolute atomic E-state index is 10.2. The van der Waals surface area contributed by atoms with Gasteiger partial charge in [-0.2, -0.15) is 0 Å². The summed E-state index contributed by atoms with van der Waals surface area (Å²) in [6, 6.07) is -0.610. The quantitative estimate of drug-likeness (QED) is 0.510. The van der Waals surface area contributed by atoms with Gasteiger partial charge in [0, 0.05) is 5.92 Å². The summed E-state index contributed by atoms with van der Waals surface area (Å²) in [4.78, 5) is 12.1. The van der Waals surface area contributed by atoms with Crippen molar-refractivity contribution in [3.05, 3.63) is 24.8 Å². The van der Waals surface area contributed by atoms with Crippen molar-refractivity contribution in [1.29, 1.82) is 0 Å². The molecule has 8 nitrogen and oxygen atoms in total. The number of imidazole rings is 1. The minimum Gasteiger partial charge on any atom is -0.396 e. The number of hydrogen-bond acceptors (Lipinski definition) is 7. The van der Waals surface area contributed by atoms with E-state index in [1.54, 1.807) is 4.57 Å². The van der Waals surface area contributed by atoms with Crippen LogP contribution in [-0.4, -0.2) is 53.7 Å². The molecule has 2 heterocycles. The molecular weight excluding hydrogens is 262 g/mol. The van der Waals surface area contributed by atoms with E-state index in [1.807, 2.05) is 0 Å². The first-order chi connectivity index (χ1) is 9.56. The Bertz CT molecular complexity index is 670. The summed E-state index contributed by atoms with van der Waals surface area (Å²) in [7, 11) is 0. The molecule has 0 radical (unpaired) electrons. The zero-order valence-corrected chi connectivity index (χ0v) is 10.6. The maximum Gasteiger partial charge on any atom is 0.166 e. The second-order valence-corrected chi connectivity index (χ2v) is 4.87. The number of nitrogens with zero attached hydrogens (tertiary/aromatic N) is 4. The highest BCUT2D eigenvalue weighted by Crippen LogP contribution is 2.40. The van der Waals surface area contributed by atoms with Gasteiger partial charge in [0.25, 0.3) is 0 Å². The van der Waals surface area contributed by atoms with E-state index in [2.05, 4.69) is 21.5 Å². The largest absolute Gasteiger partial charge is 0.396 e. The zero-order valence-electron chi connectivity index (χ0n) is 10.6. The van der Waals surface area contributed by atoms with Gasteiger partial charge in [0.05, 0.1) is 25.1 Å². The first-order valence-electron chi connectivity index (χ1n) is 6.15. The molecule has 4 atom stereocenters. The molecule has 0 aliphatic heterocycles. The van der Waals surface area contributed by atoms with Crippen LogP contribution >= 0.6 is 0 Å². The molecule has 1 saturated carbocycles. The Morgan fingerprint density at radius 3 is 2.65 bits per heavy atom. The Morgan fingerprint density at radius 1 is 1.25 bits per heavy atom. The highest BCUT2D eigenvalue weighted by Gasteiger charge is 2.45. The summed E-state index contributed by atoms with van der Waals surface area (Å²) < 4.78 is 1.60. The second-order valence-electron chi connectivity index (χ2n) is 4.87. The van der Waals surface area contributed by atoms with Gasteiger partial charge in [-0.25, -0.2) is 15.0 Å². The molecular formula is C12H15N5O3. The van der Waals surface area contributed by atoms with Gasteiger partial charge in [0.1, 0.15) is 17.9 Å². The zero-order chi connectivity index (χ0) is 14.4. The summed E-state index contributed by atoms with van der Waals surface area (Å²) in [5.41, 5.74) is 7.13. The molecule has 0 amide bonds. The number of anilines is 1. The number of aliphatic hydroxyl groups excluding tert-OH is 3. The predicted molar refractivity (Wildman–Crippen MR) is 70.5 cm³/mol. The Balaban J connectivity index is 2.12. The summed E-state index contributed by atoms with van der Waals surface area (Å²) in [5, 5.41) is 29.4. The summed E-state index contributed by atoms with van der Waals surface area (Å²) in [5.74, 6) is -0.335. The van der Waals surface area contributed by atoms with Gasteiger partial charge < -0.3 is 25.6 Å². The molecule has 0 spiro atoms. The smallest absolute Gasteiger partial charge is 0.166 e. The van der Waals surface area contributed by atoms with E-state index in [-0.39, 0.29) is 12.4 Å². The van der Waals surface area contributed by atoms with Crippen molar-refractivity contribution in [1.82, 2.24) is 19.5 Å². The van der Waals surface area contributed by atoms with Crippen molar-refractivity contribution in [2.75, 3.05) is 12.3 Å². The van der Waals surface area contributed by atoms with Crippen molar-refractivity contribution in [3.8, 4) is 0 Å². The van der Waals surface area contributed by atoms with Crippen LogP contribution in [0.5, 0.6) is 0 Å². The van der Waals surface area contributed by atoms with Crippen LogP contribution in [0.1, 0.15) is 6.04 Å². The number of nitrogen functional groups attached to an aromatic ring is 1. The van der Waals surface area contributed by atoms with E-state index in [4.69, 9.17) is 5.73 Å². The van der Waals surface area contributed by atoms with E-state index in [1.165, 1.54) is 12.7 Å². The molecule has 3 rings (SSSR count). The predicted octanol–water partition coefficient (Wildman–Crippen LogP) is -1.15. The molecule has 106 valence electrons. The minimum absolute atomic E-state index is 0.242. The van der Waals surface area contributed by atoms with E-state index in [0.717, 1.165) is 0 Å². The topological polar surface area (TPSA) is 130 Å². The van der Waals surface area contributed by atoms with Gasteiger partial charge in [-0.05, 0) is 5.57 Å². The molecule has 2 aromatic rings. The minimum atomic E-state index is -1.09. The third-order valence-electron chi connectivity index (χ3n) is 3.83. The molecule has 0 bridgehead atoms. The SMILES string of the molecule is C=C1[C@@H](n2cnc3c(N)ncnc32)[C@H](O)[C@H](O)[C@H]1CO.